The third-order valence-corrected chi connectivity index (χ3v) is 5.15. The van der Waals surface area contributed by atoms with E-state index in [-0.39, 0.29) is 24.4 Å². The second kappa shape index (κ2) is 10.6. The zero-order valence-electron chi connectivity index (χ0n) is 17.7. The number of rotatable bonds is 7. The summed E-state index contributed by atoms with van der Waals surface area (Å²) in [6.07, 6.45) is 2.87. The van der Waals surface area contributed by atoms with Gasteiger partial charge in [0.2, 0.25) is 0 Å². The molecule has 2 heterocycles. The van der Waals surface area contributed by atoms with E-state index in [2.05, 4.69) is 15.6 Å². The number of nitrogens with one attached hydrogen (secondary N) is 1. The highest BCUT2D eigenvalue weighted by atomic mass is 35.5. The maximum absolute atomic E-state index is 13.0. The predicted molar refractivity (Wildman–Crippen MR) is 116 cm³/mol. The fourth-order valence-electron chi connectivity index (χ4n) is 3.71. The molecule has 1 aromatic heterocycles. The van der Waals surface area contributed by atoms with Crippen molar-refractivity contribution in [3.8, 4) is 11.4 Å². The summed E-state index contributed by atoms with van der Waals surface area (Å²) in [5.74, 6) is 1.45. The molecule has 0 bridgehead atoms. The lowest BCUT2D eigenvalue weighted by atomic mass is 9.96. The molecule has 0 aliphatic carbocycles. The zero-order chi connectivity index (χ0) is 20.1. The number of hydrogen-bond acceptors (Lipinski definition) is 5. The maximum atomic E-state index is 13.0. The molecular formula is C21H32ClN5O2. The molecule has 0 saturated carbocycles. The number of carbonyl (C=O) groups is 1. The second-order valence-electron chi connectivity index (χ2n) is 7.60. The van der Waals surface area contributed by atoms with Crippen molar-refractivity contribution in [2.75, 3.05) is 26.7 Å². The van der Waals surface area contributed by atoms with Crippen LogP contribution in [0.4, 0.5) is 0 Å². The van der Waals surface area contributed by atoms with Crippen LogP contribution in [0.5, 0.6) is 5.75 Å². The summed E-state index contributed by atoms with van der Waals surface area (Å²) in [6, 6.07) is 7.74. The Kier molecular flexibility index (Phi) is 8.46. The van der Waals surface area contributed by atoms with Gasteiger partial charge in [-0.1, -0.05) is 12.1 Å². The Morgan fingerprint density at radius 1 is 1.24 bits per heavy atom. The molecule has 8 heteroatoms. The Bertz CT molecular complexity index is 783. The van der Waals surface area contributed by atoms with Crippen LogP contribution in [-0.4, -0.2) is 58.6 Å². The van der Waals surface area contributed by atoms with Gasteiger partial charge in [0.05, 0.1) is 17.5 Å². The van der Waals surface area contributed by atoms with Crippen molar-refractivity contribution in [1.82, 2.24) is 25.2 Å². The van der Waals surface area contributed by atoms with E-state index in [1.54, 1.807) is 4.68 Å². The van der Waals surface area contributed by atoms with Crippen molar-refractivity contribution in [1.29, 1.82) is 0 Å². The first kappa shape index (κ1) is 23.2. The fourth-order valence-corrected chi connectivity index (χ4v) is 3.71. The van der Waals surface area contributed by atoms with Crippen molar-refractivity contribution >= 4 is 18.3 Å². The van der Waals surface area contributed by atoms with E-state index in [4.69, 9.17) is 4.74 Å². The molecule has 0 spiro atoms. The Morgan fingerprint density at radius 3 is 2.45 bits per heavy atom. The van der Waals surface area contributed by atoms with E-state index in [1.165, 1.54) is 0 Å². The average Bonchev–Trinajstić information content (AvgIpc) is 3.12. The monoisotopic (exact) mass is 421 g/mol. The zero-order valence-corrected chi connectivity index (χ0v) is 18.5. The Labute approximate surface area is 179 Å². The van der Waals surface area contributed by atoms with Crippen LogP contribution < -0.4 is 10.1 Å². The van der Waals surface area contributed by atoms with Gasteiger partial charge in [-0.2, -0.15) is 0 Å². The first-order chi connectivity index (χ1) is 13.5. The molecule has 0 unspecified atom stereocenters. The lowest BCUT2D eigenvalue weighted by molar-refractivity contribution is 0.0683. The van der Waals surface area contributed by atoms with Gasteiger partial charge < -0.3 is 15.0 Å². The minimum atomic E-state index is -0.00855. The third kappa shape index (κ3) is 5.48. The Balaban J connectivity index is 0.00000300. The molecule has 3 rings (SSSR count). The van der Waals surface area contributed by atoms with Crippen molar-refractivity contribution in [2.45, 2.75) is 46.1 Å². The lowest BCUT2D eigenvalue weighted by Crippen LogP contribution is -2.40. The van der Waals surface area contributed by atoms with Gasteiger partial charge in [-0.15, -0.1) is 17.5 Å². The van der Waals surface area contributed by atoms with Crippen LogP contribution in [-0.2, 0) is 6.42 Å². The van der Waals surface area contributed by atoms with Gasteiger partial charge in [0.15, 0.2) is 5.69 Å². The van der Waals surface area contributed by atoms with E-state index < -0.39 is 0 Å². The number of aromatic nitrogens is 3. The molecule has 0 atom stereocenters. The largest absolute Gasteiger partial charge is 0.491 e. The standard InChI is InChI=1S/C21H31N5O2.ClH/c1-5-19-20(21(27)25-12-10-16(11-13-25)14-22-4)23-24-26(19)17-6-8-18(9-7-17)28-15(2)3;/h6-9,15-16,22H,5,10-14H2,1-4H3;1H. The quantitative estimate of drug-likeness (QED) is 0.743. The first-order valence-electron chi connectivity index (χ1n) is 10.2. The van der Waals surface area contributed by atoms with Crippen LogP contribution >= 0.6 is 12.4 Å². The van der Waals surface area contributed by atoms with Crippen LogP contribution in [0.15, 0.2) is 24.3 Å². The molecule has 1 aliphatic heterocycles. The number of carbonyl (C=O) groups excluding carboxylic acids is 1. The molecule has 1 fully saturated rings. The smallest absolute Gasteiger partial charge is 0.276 e. The van der Waals surface area contributed by atoms with Crippen LogP contribution in [0.1, 0.15) is 49.8 Å². The van der Waals surface area contributed by atoms with Crippen LogP contribution in [0, 0.1) is 5.92 Å². The van der Waals surface area contributed by atoms with Gasteiger partial charge in [0, 0.05) is 13.1 Å². The molecule has 2 aromatic rings. The normalized spacial score (nSPS) is 14.7. The van der Waals surface area contributed by atoms with E-state index in [1.807, 2.05) is 57.0 Å². The topological polar surface area (TPSA) is 72.3 Å². The number of hydrogen-bond donors (Lipinski definition) is 1. The van der Waals surface area contributed by atoms with E-state index in [0.717, 1.165) is 49.6 Å². The number of ether oxygens (including phenoxy) is 1. The minimum absolute atomic E-state index is 0. The van der Waals surface area contributed by atoms with Crippen molar-refractivity contribution < 1.29 is 9.53 Å². The molecule has 29 heavy (non-hydrogen) atoms. The minimum Gasteiger partial charge on any atom is -0.491 e. The molecule has 1 saturated heterocycles. The highest BCUT2D eigenvalue weighted by Crippen LogP contribution is 2.22. The number of benzene rings is 1. The van der Waals surface area contributed by atoms with Gasteiger partial charge in [-0.05, 0) is 76.9 Å². The summed E-state index contributed by atoms with van der Waals surface area (Å²) in [6.45, 7) is 8.60. The van der Waals surface area contributed by atoms with Gasteiger partial charge in [-0.3, -0.25) is 4.79 Å². The first-order valence-corrected chi connectivity index (χ1v) is 10.2. The molecule has 1 amide bonds. The molecule has 7 nitrogen and oxygen atoms in total. The van der Waals surface area contributed by atoms with Crippen molar-refractivity contribution in [3.63, 3.8) is 0 Å². The Hall–Kier alpha value is -2.12. The van der Waals surface area contributed by atoms with Crippen LogP contribution in [0.3, 0.4) is 0 Å². The van der Waals surface area contributed by atoms with Crippen molar-refractivity contribution in [3.05, 3.63) is 35.7 Å². The number of nitrogens with zero attached hydrogens (tertiary/aromatic N) is 4. The van der Waals surface area contributed by atoms with Gasteiger partial charge in [-0.25, -0.2) is 4.68 Å². The van der Waals surface area contributed by atoms with Crippen molar-refractivity contribution in [2.24, 2.45) is 5.92 Å². The van der Waals surface area contributed by atoms with E-state index >= 15 is 0 Å². The van der Waals surface area contributed by atoms with Gasteiger partial charge >= 0.3 is 0 Å². The number of halogens is 1. The average molecular weight is 422 g/mol. The highest BCUT2D eigenvalue weighted by molar-refractivity contribution is 5.93. The SMILES string of the molecule is CCc1c(C(=O)N2CCC(CNC)CC2)nnn1-c1ccc(OC(C)C)cc1.Cl. The number of likely N-dealkylation sites (tertiary alicyclic amines) is 1. The lowest BCUT2D eigenvalue weighted by Gasteiger charge is -2.31. The molecule has 1 aliphatic rings. The van der Waals surface area contributed by atoms with Crippen LogP contribution in [0.25, 0.3) is 5.69 Å². The second-order valence-corrected chi connectivity index (χ2v) is 7.60. The third-order valence-electron chi connectivity index (χ3n) is 5.15. The summed E-state index contributed by atoms with van der Waals surface area (Å²) in [5.41, 5.74) is 2.20. The fraction of sp³-hybridized carbons (Fsp3) is 0.571. The van der Waals surface area contributed by atoms with Gasteiger partial charge in [0.1, 0.15) is 5.75 Å². The summed E-state index contributed by atoms with van der Waals surface area (Å²) >= 11 is 0. The van der Waals surface area contributed by atoms with E-state index in [9.17, 15) is 4.79 Å². The molecular weight excluding hydrogens is 390 g/mol. The summed E-state index contributed by atoms with van der Waals surface area (Å²) < 4.78 is 7.46. The molecule has 160 valence electrons. The number of amides is 1. The molecule has 1 N–H and O–H groups in total. The highest BCUT2D eigenvalue weighted by Gasteiger charge is 2.27. The van der Waals surface area contributed by atoms with E-state index in [0.29, 0.717) is 18.0 Å². The predicted octanol–water partition coefficient (Wildman–Crippen LogP) is 3.11. The van der Waals surface area contributed by atoms with Gasteiger partial charge in [0.25, 0.3) is 5.91 Å². The molecule has 0 radical (unpaired) electrons. The summed E-state index contributed by atoms with van der Waals surface area (Å²) in [7, 11) is 1.98. The molecule has 1 aromatic carbocycles. The maximum Gasteiger partial charge on any atom is 0.276 e. The number of piperidine rings is 1. The summed E-state index contributed by atoms with van der Waals surface area (Å²) in [5, 5.41) is 11.7. The summed E-state index contributed by atoms with van der Waals surface area (Å²) in [4.78, 5) is 15.0. The Morgan fingerprint density at radius 2 is 1.90 bits per heavy atom. The van der Waals surface area contributed by atoms with Crippen LogP contribution in [0.2, 0.25) is 0 Å².